The molecule has 100 valence electrons. The summed E-state index contributed by atoms with van der Waals surface area (Å²) in [4.78, 5) is 4.23. The van der Waals surface area contributed by atoms with Gasteiger partial charge in [0.25, 0.3) is 0 Å². The van der Waals surface area contributed by atoms with Crippen molar-refractivity contribution in [3.8, 4) is 0 Å². The summed E-state index contributed by atoms with van der Waals surface area (Å²) in [5, 5.41) is 6.50. The van der Waals surface area contributed by atoms with Crippen molar-refractivity contribution >= 4 is 16.7 Å². The van der Waals surface area contributed by atoms with Crippen molar-refractivity contribution in [2.45, 2.75) is 31.4 Å². The molecule has 18 heavy (non-hydrogen) atoms. The van der Waals surface area contributed by atoms with Gasteiger partial charge in [0.05, 0.1) is 0 Å². The molecule has 8 heteroatoms. The molecule has 0 amide bonds. The Kier molecular flexibility index (Phi) is 3.26. The Hall–Kier alpha value is -1.25. The summed E-state index contributed by atoms with van der Waals surface area (Å²) in [6.07, 6.45) is 0. The van der Waals surface area contributed by atoms with Crippen LogP contribution in [-0.4, -0.2) is 35.1 Å². The Morgan fingerprint density at radius 3 is 2.72 bits per heavy atom. The second-order valence-electron chi connectivity index (χ2n) is 5.16. The van der Waals surface area contributed by atoms with Gasteiger partial charge in [-0.1, -0.05) is 20.8 Å². The Balaban J connectivity index is 2.41. The highest BCUT2D eigenvalue weighted by Crippen LogP contribution is 2.22. The zero-order valence-electron chi connectivity index (χ0n) is 10.5. The van der Waals surface area contributed by atoms with Crippen LogP contribution in [0.5, 0.6) is 0 Å². The molecule has 0 aliphatic rings. The fourth-order valence-electron chi connectivity index (χ4n) is 1.59. The standard InChI is InChI=1S/C10H17N5O2S/c1-10(2,3)7-4-8-12-9(14-15(8)13-7)6(5-11)18(16)17/h4,6,13H,5,11H2,1-3H3,(H,16,17). The molecule has 0 spiro atoms. The molecule has 2 unspecified atom stereocenters. The average molecular weight is 271 g/mol. The minimum absolute atomic E-state index is 0.0302. The van der Waals surface area contributed by atoms with E-state index in [1.54, 1.807) is 0 Å². The molecule has 0 radical (unpaired) electrons. The third kappa shape index (κ3) is 2.31. The van der Waals surface area contributed by atoms with E-state index in [4.69, 9.17) is 10.3 Å². The first-order chi connectivity index (χ1) is 8.32. The molecule has 7 nitrogen and oxygen atoms in total. The number of rotatable bonds is 3. The van der Waals surface area contributed by atoms with Crippen molar-refractivity contribution in [1.82, 2.24) is 19.8 Å². The summed E-state index contributed by atoms with van der Waals surface area (Å²) in [6, 6.07) is 1.88. The highest BCUT2D eigenvalue weighted by Gasteiger charge is 2.23. The predicted molar refractivity (Wildman–Crippen MR) is 68.6 cm³/mol. The Bertz CT molecular complexity index is 551. The monoisotopic (exact) mass is 271 g/mol. The Labute approximate surface area is 107 Å². The van der Waals surface area contributed by atoms with Crippen LogP contribution in [0.25, 0.3) is 5.65 Å². The van der Waals surface area contributed by atoms with Crippen molar-refractivity contribution in [2.24, 2.45) is 5.73 Å². The summed E-state index contributed by atoms with van der Waals surface area (Å²) >= 11 is -2.06. The van der Waals surface area contributed by atoms with Crippen molar-refractivity contribution in [1.29, 1.82) is 0 Å². The van der Waals surface area contributed by atoms with Crippen molar-refractivity contribution < 1.29 is 8.76 Å². The molecule has 2 aromatic heterocycles. The number of aromatic amines is 1. The quantitative estimate of drug-likeness (QED) is 0.707. The van der Waals surface area contributed by atoms with Gasteiger partial charge in [0.1, 0.15) is 5.25 Å². The molecule has 0 aliphatic heterocycles. The smallest absolute Gasteiger partial charge is 0.175 e. The molecule has 0 bridgehead atoms. The second-order valence-corrected chi connectivity index (χ2v) is 6.28. The molecule has 0 aromatic carbocycles. The molecule has 0 fully saturated rings. The fourth-order valence-corrected chi connectivity index (χ4v) is 2.04. The van der Waals surface area contributed by atoms with Crippen LogP contribution in [0.2, 0.25) is 0 Å². The highest BCUT2D eigenvalue weighted by atomic mass is 32.2. The van der Waals surface area contributed by atoms with Gasteiger partial charge in [-0.3, -0.25) is 5.10 Å². The van der Waals surface area contributed by atoms with Gasteiger partial charge in [-0.2, -0.15) is 4.63 Å². The molecule has 0 saturated heterocycles. The minimum atomic E-state index is -2.06. The number of hydrogen-bond donors (Lipinski definition) is 3. The topological polar surface area (TPSA) is 109 Å². The number of H-pyrrole nitrogens is 1. The molecule has 0 saturated carbocycles. The van der Waals surface area contributed by atoms with E-state index in [0.29, 0.717) is 5.65 Å². The van der Waals surface area contributed by atoms with Crippen LogP contribution in [0, 0.1) is 0 Å². The van der Waals surface area contributed by atoms with E-state index in [-0.39, 0.29) is 17.8 Å². The first-order valence-electron chi connectivity index (χ1n) is 5.59. The Morgan fingerprint density at radius 1 is 1.61 bits per heavy atom. The van der Waals surface area contributed by atoms with Gasteiger partial charge in [-0.25, -0.2) is 9.19 Å². The lowest BCUT2D eigenvalue weighted by atomic mass is 9.93. The van der Waals surface area contributed by atoms with Crippen LogP contribution in [-0.2, 0) is 16.5 Å². The highest BCUT2D eigenvalue weighted by molar-refractivity contribution is 7.79. The molecule has 2 rings (SSSR count). The number of aromatic nitrogens is 4. The predicted octanol–water partition coefficient (Wildman–Crippen LogP) is 0.576. The van der Waals surface area contributed by atoms with Crippen molar-refractivity contribution in [2.75, 3.05) is 6.54 Å². The van der Waals surface area contributed by atoms with Crippen molar-refractivity contribution in [3.63, 3.8) is 0 Å². The SMILES string of the molecule is CC(C)(C)c1cc2nc(C(CN)S(=O)O)nn2[nH]1. The fraction of sp³-hybridized carbons (Fsp3) is 0.600. The van der Waals surface area contributed by atoms with Gasteiger partial charge in [-0.15, -0.1) is 5.10 Å². The molecule has 2 atom stereocenters. The van der Waals surface area contributed by atoms with E-state index >= 15 is 0 Å². The summed E-state index contributed by atoms with van der Waals surface area (Å²) in [5.41, 5.74) is 7.03. The van der Waals surface area contributed by atoms with Crippen LogP contribution < -0.4 is 5.73 Å². The Morgan fingerprint density at radius 2 is 2.28 bits per heavy atom. The van der Waals surface area contributed by atoms with E-state index in [2.05, 4.69) is 36.0 Å². The van der Waals surface area contributed by atoms with Crippen LogP contribution in [0.4, 0.5) is 0 Å². The number of nitrogens with one attached hydrogen (secondary N) is 1. The first-order valence-corrected chi connectivity index (χ1v) is 6.76. The zero-order chi connectivity index (χ0) is 13.5. The molecule has 0 aliphatic carbocycles. The third-order valence-electron chi connectivity index (χ3n) is 2.70. The second kappa shape index (κ2) is 4.45. The molecule has 4 N–H and O–H groups in total. The van der Waals surface area contributed by atoms with Crippen LogP contribution >= 0.6 is 0 Å². The number of hydrogen-bond acceptors (Lipinski definition) is 4. The zero-order valence-corrected chi connectivity index (χ0v) is 11.4. The van der Waals surface area contributed by atoms with Crippen LogP contribution in [0.15, 0.2) is 6.07 Å². The molecular weight excluding hydrogens is 254 g/mol. The lowest BCUT2D eigenvalue weighted by molar-refractivity contribution is 0.542. The normalized spacial score (nSPS) is 16.1. The maximum atomic E-state index is 11.1. The summed E-state index contributed by atoms with van der Waals surface area (Å²) < 4.78 is 21.7. The first kappa shape index (κ1) is 13.2. The van der Waals surface area contributed by atoms with E-state index in [0.717, 1.165) is 5.69 Å². The van der Waals surface area contributed by atoms with Gasteiger partial charge >= 0.3 is 0 Å². The van der Waals surface area contributed by atoms with Gasteiger partial charge in [-0.05, 0) is 0 Å². The molecule has 2 heterocycles. The lowest BCUT2D eigenvalue weighted by Gasteiger charge is -2.14. The van der Waals surface area contributed by atoms with Crippen LogP contribution in [0.3, 0.4) is 0 Å². The van der Waals surface area contributed by atoms with Crippen LogP contribution in [0.1, 0.15) is 37.5 Å². The molecule has 2 aromatic rings. The van der Waals surface area contributed by atoms with Gasteiger partial charge in [0.2, 0.25) is 0 Å². The van der Waals surface area contributed by atoms with Gasteiger partial charge < -0.3 is 10.3 Å². The number of fused-ring (bicyclic) bond motifs is 1. The number of nitrogens with two attached hydrogens (primary N) is 1. The van der Waals surface area contributed by atoms with Gasteiger partial charge in [0, 0.05) is 23.7 Å². The summed E-state index contributed by atoms with van der Waals surface area (Å²) in [5.74, 6) is 0.282. The van der Waals surface area contributed by atoms with Crippen molar-refractivity contribution in [3.05, 3.63) is 17.6 Å². The lowest BCUT2D eigenvalue weighted by Crippen LogP contribution is -2.18. The number of nitrogens with zero attached hydrogens (tertiary/aromatic N) is 3. The minimum Gasteiger partial charge on any atom is -0.329 e. The van der Waals surface area contributed by atoms with E-state index in [9.17, 15) is 4.21 Å². The maximum Gasteiger partial charge on any atom is 0.175 e. The average Bonchev–Trinajstić information content (AvgIpc) is 2.74. The third-order valence-corrected chi connectivity index (χ3v) is 3.59. The largest absolute Gasteiger partial charge is 0.329 e. The van der Waals surface area contributed by atoms with E-state index in [1.807, 2.05) is 6.07 Å². The van der Waals surface area contributed by atoms with Gasteiger partial charge in [0.15, 0.2) is 22.6 Å². The maximum absolute atomic E-state index is 11.1. The summed E-state index contributed by atoms with van der Waals surface area (Å²) in [7, 11) is 0. The van der Waals surface area contributed by atoms with E-state index in [1.165, 1.54) is 4.63 Å². The van der Waals surface area contributed by atoms with E-state index < -0.39 is 16.3 Å². The molecular formula is C10H17N5O2S. The summed E-state index contributed by atoms with van der Waals surface area (Å²) in [6.45, 7) is 6.25.